The Hall–Kier alpha value is -2.37. The Kier molecular flexibility index (Phi) is 3.14. The molecule has 2 aromatic rings. The number of anilines is 3. The lowest BCUT2D eigenvalue weighted by molar-refractivity contribution is 0.641. The van der Waals surface area contributed by atoms with Crippen LogP contribution in [0, 0.1) is 0 Å². The fraction of sp³-hybridized carbons (Fsp3) is 0.308. The molecule has 0 saturated carbocycles. The highest BCUT2D eigenvalue weighted by Gasteiger charge is 2.19. The first-order valence-corrected chi connectivity index (χ1v) is 6.31. The summed E-state index contributed by atoms with van der Waals surface area (Å²) in [4.78, 5) is 17.2. The van der Waals surface area contributed by atoms with Gasteiger partial charge in [0.15, 0.2) is 0 Å². The monoisotopic (exact) mass is 256 g/mol. The Balaban J connectivity index is 1.67. The molecule has 0 radical (unpaired) electrons. The number of nitrogens with two attached hydrogens (primary N) is 1. The average Bonchev–Trinajstić information content (AvgIpc) is 2.48. The van der Waals surface area contributed by atoms with Gasteiger partial charge < -0.3 is 15.5 Å². The van der Waals surface area contributed by atoms with Crippen LogP contribution < -0.4 is 15.5 Å². The minimum atomic E-state index is 0.463. The van der Waals surface area contributed by atoms with Crippen molar-refractivity contribution >= 4 is 17.5 Å². The second-order valence-corrected chi connectivity index (χ2v) is 4.46. The number of piperazine rings is 1. The van der Waals surface area contributed by atoms with Crippen LogP contribution in [-0.4, -0.2) is 41.1 Å². The van der Waals surface area contributed by atoms with Crippen LogP contribution in [0.15, 0.2) is 36.8 Å². The van der Waals surface area contributed by atoms with Crippen molar-refractivity contribution in [2.24, 2.45) is 0 Å². The van der Waals surface area contributed by atoms with Gasteiger partial charge in [0.2, 0.25) is 0 Å². The third-order valence-electron chi connectivity index (χ3n) is 3.22. The molecule has 1 saturated heterocycles. The molecule has 19 heavy (non-hydrogen) atoms. The molecule has 2 N–H and O–H groups in total. The number of pyridine rings is 1. The van der Waals surface area contributed by atoms with Crippen LogP contribution in [0.3, 0.4) is 0 Å². The maximum absolute atomic E-state index is 5.66. The molecule has 0 atom stereocenters. The van der Waals surface area contributed by atoms with E-state index in [0.29, 0.717) is 5.82 Å². The van der Waals surface area contributed by atoms with Gasteiger partial charge in [0.25, 0.3) is 0 Å². The van der Waals surface area contributed by atoms with E-state index in [9.17, 15) is 0 Å². The van der Waals surface area contributed by atoms with Gasteiger partial charge in [0, 0.05) is 32.4 Å². The summed E-state index contributed by atoms with van der Waals surface area (Å²) in [6.07, 6.45) is 5.14. The van der Waals surface area contributed by atoms with E-state index < -0.39 is 0 Å². The van der Waals surface area contributed by atoms with Crippen molar-refractivity contribution < 1.29 is 0 Å². The van der Waals surface area contributed by atoms with E-state index in [1.807, 2.05) is 24.4 Å². The minimum Gasteiger partial charge on any atom is -0.382 e. The topological polar surface area (TPSA) is 71.2 Å². The molecule has 3 heterocycles. The predicted molar refractivity (Wildman–Crippen MR) is 75.1 cm³/mol. The first-order chi connectivity index (χ1) is 9.33. The van der Waals surface area contributed by atoms with Crippen LogP contribution in [-0.2, 0) is 0 Å². The number of hydrogen-bond donors (Lipinski definition) is 1. The Morgan fingerprint density at radius 2 is 1.68 bits per heavy atom. The van der Waals surface area contributed by atoms with Crippen molar-refractivity contribution in [3.63, 3.8) is 0 Å². The first kappa shape index (κ1) is 11.7. The second kappa shape index (κ2) is 5.09. The molecule has 0 bridgehead atoms. The normalized spacial score (nSPS) is 15.6. The molecular formula is C13H16N6. The molecule has 98 valence electrons. The van der Waals surface area contributed by atoms with E-state index in [4.69, 9.17) is 5.73 Å². The summed E-state index contributed by atoms with van der Waals surface area (Å²) in [6.45, 7) is 3.64. The van der Waals surface area contributed by atoms with Crippen molar-refractivity contribution in [3.05, 3.63) is 36.8 Å². The lowest BCUT2D eigenvalue weighted by Crippen LogP contribution is -2.47. The first-order valence-electron chi connectivity index (χ1n) is 6.31. The molecule has 0 spiro atoms. The van der Waals surface area contributed by atoms with Gasteiger partial charge in [-0.25, -0.2) is 9.97 Å². The molecule has 3 rings (SSSR count). The van der Waals surface area contributed by atoms with Gasteiger partial charge in [-0.15, -0.1) is 0 Å². The van der Waals surface area contributed by atoms with Crippen molar-refractivity contribution in [1.29, 1.82) is 0 Å². The van der Waals surface area contributed by atoms with Crippen molar-refractivity contribution in [2.45, 2.75) is 0 Å². The molecule has 1 fully saturated rings. The van der Waals surface area contributed by atoms with E-state index in [1.54, 1.807) is 12.4 Å². The molecule has 0 amide bonds. The molecule has 6 nitrogen and oxygen atoms in total. The van der Waals surface area contributed by atoms with Gasteiger partial charge in [-0.2, -0.15) is 0 Å². The number of nitrogens with zero attached hydrogens (tertiary/aromatic N) is 5. The highest BCUT2D eigenvalue weighted by Crippen LogP contribution is 2.17. The standard InChI is InChI=1S/C13H16N6/c14-11-9-15-10-13(17-11)19-7-5-18(6-8-19)12-3-1-2-4-16-12/h1-4,9-10H,5-8H2,(H2,14,17). The van der Waals surface area contributed by atoms with Crippen molar-refractivity contribution in [2.75, 3.05) is 41.7 Å². The third-order valence-corrected chi connectivity index (χ3v) is 3.22. The summed E-state index contributed by atoms with van der Waals surface area (Å²) in [7, 11) is 0. The largest absolute Gasteiger partial charge is 0.382 e. The molecule has 6 heteroatoms. The molecule has 0 unspecified atom stereocenters. The Morgan fingerprint density at radius 1 is 0.947 bits per heavy atom. The van der Waals surface area contributed by atoms with Crippen LogP contribution in [0.5, 0.6) is 0 Å². The zero-order valence-electron chi connectivity index (χ0n) is 10.6. The maximum Gasteiger partial charge on any atom is 0.149 e. The fourth-order valence-electron chi connectivity index (χ4n) is 2.23. The molecule has 2 aromatic heterocycles. The fourth-order valence-corrected chi connectivity index (χ4v) is 2.23. The van der Waals surface area contributed by atoms with Gasteiger partial charge in [0.05, 0.1) is 12.4 Å². The SMILES string of the molecule is Nc1cncc(N2CCN(c3ccccn3)CC2)n1. The average molecular weight is 256 g/mol. The summed E-state index contributed by atoms with van der Waals surface area (Å²) in [6, 6.07) is 5.98. The quantitative estimate of drug-likeness (QED) is 0.856. The Bertz CT molecular complexity index is 536. The summed E-state index contributed by atoms with van der Waals surface area (Å²) in [5.41, 5.74) is 5.66. The molecule has 0 aromatic carbocycles. The van der Waals surface area contributed by atoms with Crippen LogP contribution in [0.1, 0.15) is 0 Å². The van der Waals surface area contributed by atoms with E-state index in [-0.39, 0.29) is 0 Å². The zero-order valence-corrected chi connectivity index (χ0v) is 10.6. The van der Waals surface area contributed by atoms with E-state index in [1.165, 1.54) is 0 Å². The number of hydrogen-bond acceptors (Lipinski definition) is 6. The van der Waals surface area contributed by atoms with E-state index >= 15 is 0 Å². The van der Waals surface area contributed by atoms with Crippen LogP contribution >= 0.6 is 0 Å². The second-order valence-electron chi connectivity index (χ2n) is 4.46. The lowest BCUT2D eigenvalue weighted by Gasteiger charge is -2.35. The number of aromatic nitrogens is 3. The Labute approximate surface area is 111 Å². The summed E-state index contributed by atoms with van der Waals surface area (Å²) >= 11 is 0. The van der Waals surface area contributed by atoms with Crippen LogP contribution in [0.2, 0.25) is 0 Å². The smallest absolute Gasteiger partial charge is 0.149 e. The van der Waals surface area contributed by atoms with Crippen molar-refractivity contribution in [1.82, 2.24) is 15.0 Å². The summed E-state index contributed by atoms with van der Waals surface area (Å²) < 4.78 is 0. The van der Waals surface area contributed by atoms with Gasteiger partial charge in [0.1, 0.15) is 17.5 Å². The van der Waals surface area contributed by atoms with Gasteiger partial charge in [-0.3, -0.25) is 4.98 Å². The third kappa shape index (κ3) is 2.57. The highest BCUT2D eigenvalue weighted by molar-refractivity contribution is 5.45. The minimum absolute atomic E-state index is 0.463. The van der Waals surface area contributed by atoms with Gasteiger partial charge >= 0.3 is 0 Å². The van der Waals surface area contributed by atoms with Crippen molar-refractivity contribution in [3.8, 4) is 0 Å². The van der Waals surface area contributed by atoms with Gasteiger partial charge in [-0.05, 0) is 12.1 Å². The van der Waals surface area contributed by atoms with E-state index in [2.05, 4.69) is 24.8 Å². The molecule has 1 aliphatic rings. The number of rotatable bonds is 2. The maximum atomic E-state index is 5.66. The summed E-state index contributed by atoms with van der Waals surface area (Å²) in [5, 5.41) is 0. The van der Waals surface area contributed by atoms with Crippen LogP contribution in [0.4, 0.5) is 17.5 Å². The number of nitrogen functional groups attached to an aromatic ring is 1. The Morgan fingerprint density at radius 3 is 2.32 bits per heavy atom. The highest BCUT2D eigenvalue weighted by atomic mass is 15.3. The predicted octanol–water partition coefficient (Wildman–Crippen LogP) is 0.780. The lowest BCUT2D eigenvalue weighted by atomic mass is 10.3. The summed E-state index contributed by atoms with van der Waals surface area (Å²) in [5.74, 6) is 2.34. The molecule has 0 aliphatic carbocycles. The molecular weight excluding hydrogens is 240 g/mol. The van der Waals surface area contributed by atoms with Gasteiger partial charge in [-0.1, -0.05) is 6.07 Å². The zero-order chi connectivity index (χ0) is 13.1. The van der Waals surface area contributed by atoms with Crippen LogP contribution in [0.25, 0.3) is 0 Å². The molecule has 1 aliphatic heterocycles. The van der Waals surface area contributed by atoms with E-state index in [0.717, 1.165) is 37.8 Å².